The van der Waals surface area contributed by atoms with Crippen molar-refractivity contribution in [2.75, 3.05) is 19.8 Å². The molecule has 4 aromatic carbocycles. The topological polar surface area (TPSA) is 141 Å². The molecule has 1 amide bonds. The molecule has 46 heavy (non-hydrogen) atoms. The Morgan fingerprint density at radius 2 is 1.67 bits per heavy atom. The van der Waals surface area contributed by atoms with E-state index in [-0.39, 0.29) is 37.8 Å². The van der Waals surface area contributed by atoms with Crippen molar-refractivity contribution >= 4 is 11.8 Å². The summed E-state index contributed by atoms with van der Waals surface area (Å²) in [6, 6.07) is 30.6. The number of carbonyl (C=O) groups excluding carboxylic acids is 1. The van der Waals surface area contributed by atoms with Crippen LogP contribution in [0.5, 0.6) is 5.75 Å². The molecular formula is C35H35FN6O4. The summed E-state index contributed by atoms with van der Waals surface area (Å²) in [6.45, 7) is 0.807. The molecule has 0 aliphatic carbocycles. The Hall–Kier alpha value is -5.22. The molecule has 0 saturated heterocycles. The molecule has 1 heterocycles. The molecule has 0 bridgehead atoms. The number of halogens is 1. The number of aliphatic hydroxyl groups is 1. The molecule has 0 fully saturated rings. The van der Waals surface area contributed by atoms with E-state index in [1.807, 2.05) is 66.7 Å². The minimum atomic E-state index is -1.48. The van der Waals surface area contributed by atoms with Gasteiger partial charge in [0.15, 0.2) is 11.6 Å². The van der Waals surface area contributed by atoms with Crippen molar-refractivity contribution in [1.82, 2.24) is 10.9 Å². The zero-order valence-corrected chi connectivity index (χ0v) is 25.2. The second kappa shape index (κ2) is 15.7. The molecule has 0 saturated carbocycles. The van der Waals surface area contributed by atoms with Gasteiger partial charge in [-0.15, -0.1) is 0 Å². The standard InChI is InChI=1S/C35H35FN6O4/c36-31-14-7-6-9-25(31)19-20-38-41-34(44)35(23-28-12-4-5-13-29(28)24-39-42-37)32(26-10-2-1-3-11-26)46-33(40-35)27-15-17-30(18-16-27)45-22-8-21-43/h1-7,9-18,32,38,43H,8,19-24H2,(H,41,44)/t32-,35-/m0/s1. The first kappa shape index (κ1) is 32.2. The average Bonchev–Trinajstić information content (AvgIpc) is 3.48. The number of aliphatic imine (C=N–C) groups is 1. The van der Waals surface area contributed by atoms with Crippen LogP contribution >= 0.6 is 0 Å². The lowest BCUT2D eigenvalue weighted by Crippen LogP contribution is -2.54. The van der Waals surface area contributed by atoms with Gasteiger partial charge in [0.1, 0.15) is 11.6 Å². The summed E-state index contributed by atoms with van der Waals surface area (Å²) < 4.78 is 26.4. The third-order valence-electron chi connectivity index (χ3n) is 7.69. The number of nitrogens with one attached hydrogen (secondary N) is 2. The number of amides is 1. The van der Waals surface area contributed by atoms with E-state index in [1.165, 1.54) is 6.07 Å². The van der Waals surface area contributed by atoms with Gasteiger partial charge >= 0.3 is 0 Å². The first-order valence-corrected chi connectivity index (χ1v) is 15.0. The van der Waals surface area contributed by atoms with E-state index in [1.54, 1.807) is 30.3 Å². The molecule has 1 aliphatic rings. The lowest BCUT2D eigenvalue weighted by atomic mass is 9.81. The lowest BCUT2D eigenvalue weighted by Gasteiger charge is -2.31. The summed E-state index contributed by atoms with van der Waals surface area (Å²) in [4.78, 5) is 22.3. The third-order valence-corrected chi connectivity index (χ3v) is 7.69. The second-order valence-corrected chi connectivity index (χ2v) is 10.8. The smallest absolute Gasteiger partial charge is 0.266 e. The van der Waals surface area contributed by atoms with Gasteiger partial charge in [0.2, 0.25) is 5.90 Å². The molecule has 5 rings (SSSR count). The van der Waals surface area contributed by atoms with E-state index in [2.05, 4.69) is 20.9 Å². The number of azide groups is 1. The van der Waals surface area contributed by atoms with Crippen LogP contribution in [-0.2, 0) is 28.9 Å². The summed E-state index contributed by atoms with van der Waals surface area (Å²) in [7, 11) is 0. The second-order valence-electron chi connectivity index (χ2n) is 10.8. The number of ether oxygens (including phenoxy) is 2. The van der Waals surface area contributed by atoms with Crippen LogP contribution in [-0.4, -0.2) is 42.2 Å². The first-order chi connectivity index (χ1) is 22.5. The van der Waals surface area contributed by atoms with Gasteiger partial charge in [-0.25, -0.2) is 14.8 Å². The normalized spacial score (nSPS) is 17.0. The Balaban J connectivity index is 1.51. The first-order valence-electron chi connectivity index (χ1n) is 15.0. The summed E-state index contributed by atoms with van der Waals surface area (Å²) in [5, 5.41) is 12.8. The Labute approximate surface area is 266 Å². The number of hydrogen-bond donors (Lipinski definition) is 3. The quantitative estimate of drug-likeness (QED) is 0.0508. The molecule has 10 nitrogen and oxygen atoms in total. The van der Waals surface area contributed by atoms with Gasteiger partial charge in [-0.3, -0.25) is 10.2 Å². The van der Waals surface area contributed by atoms with Crippen LogP contribution in [0.1, 0.15) is 40.3 Å². The number of hydrazine groups is 1. The highest BCUT2D eigenvalue weighted by Gasteiger charge is 2.53. The zero-order chi connectivity index (χ0) is 32.2. The van der Waals surface area contributed by atoms with Crippen molar-refractivity contribution in [1.29, 1.82) is 0 Å². The molecule has 0 aromatic heterocycles. The summed E-state index contributed by atoms with van der Waals surface area (Å²) in [6.07, 6.45) is 0.194. The highest BCUT2D eigenvalue weighted by Crippen LogP contribution is 2.43. The predicted molar refractivity (Wildman–Crippen MR) is 172 cm³/mol. The molecular weight excluding hydrogens is 587 g/mol. The molecule has 11 heteroatoms. The van der Waals surface area contributed by atoms with Crippen molar-refractivity contribution in [3.05, 3.63) is 147 Å². The van der Waals surface area contributed by atoms with E-state index in [0.29, 0.717) is 36.3 Å². The predicted octanol–water partition coefficient (Wildman–Crippen LogP) is 5.76. The molecule has 0 unspecified atom stereocenters. The van der Waals surface area contributed by atoms with Crippen LogP contribution < -0.4 is 15.6 Å². The van der Waals surface area contributed by atoms with Crippen LogP contribution in [0.2, 0.25) is 0 Å². The van der Waals surface area contributed by atoms with E-state index in [4.69, 9.17) is 25.1 Å². The molecule has 236 valence electrons. The minimum Gasteiger partial charge on any atom is -0.494 e. The Kier molecular flexibility index (Phi) is 11.0. The monoisotopic (exact) mass is 622 g/mol. The molecule has 4 aromatic rings. The fraction of sp³-hybridized carbons (Fsp3) is 0.257. The van der Waals surface area contributed by atoms with Crippen LogP contribution in [0, 0.1) is 5.82 Å². The fourth-order valence-electron chi connectivity index (χ4n) is 5.34. The summed E-state index contributed by atoms with van der Waals surface area (Å²) in [5.41, 5.74) is 16.8. The number of nitrogens with zero attached hydrogens (tertiary/aromatic N) is 4. The molecule has 2 atom stereocenters. The largest absolute Gasteiger partial charge is 0.494 e. The van der Waals surface area contributed by atoms with Gasteiger partial charge in [0.25, 0.3) is 5.91 Å². The maximum absolute atomic E-state index is 14.4. The van der Waals surface area contributed by atoms with Crippen LogP contribution in [0.25, 0.3) is 10.4 Å². The maximum Gasteiger partial charge on any atom is 0.266 e. The number of aliphatic hydroxyl groups excluding tert-OH is 1. The van der Waals surface area contributed by atoms with Gasteiger partial charge in [-0.1, -0.05) is 77.9 Å². The van der Waals surface area contributed by atoms with Crippen LogP contribution in [0.3, 0.4) is 0 Å². The van der Waals surface area contributed by atoms with Gasteiger partial charge in [0.05, 0.1) is 13.2 Å². The van der Waals surface area contributed by atoms with E-state index >= 15 is 0 Å². The minimum absolute atomic E-state index is 0.0394. The van der Waals surface area contributed by atoms with Crippen molar-refractivity contribution < 1.29 is 23.8 Å². The average molecular weight is 623 g/mol. The number of carbonyl (C=O) groups is 1. The van der Waals surface area contributed by atoms with Gasteiger partial charge < -0.3 is 14.6 Å². The van der Waals surface area contributed by atoms with Crippen molar-refractivity contribution in [3.63, 3.8) is 0 Å². The van der Waals surface area contributed by atoms with Gasteiger partial charge in [0, 0.05) is 36.5 Å². The summed E-state index contributed by atoms with van der Waals surface area (Å²) >= 11 is 0. The Bertz CT molecular complexity index is 1700. The fourth-order valence-corrected chi connectivity index (χ4v) is 5.34. The van der Waals surface area contributed by atoms with Crippen molar-refractivity contribution in [2.24, 2.45) is 10.1 Å². The van der Waals surface area contributed by atoms with Crippen molar-refractivity contribution in [3.8, 4) is 5.75 Å². The third kappa shape index (κ3) is 7.70. The number of rotatable bonds is 15. The summed E-state index contributed by atoms with van der Waals surface area (Å²) in [5.74, 6) is 0.166. The molecule has 0 spiro atoms. The van der Waals surface area contributed by atoms with E-state index in [0.717, 1.165) is 16.7 Å². The SMILES string of the molecule is [N-]=[N+]=NCc1ccccc1C[C@]1(C(=O)NNCCc2ccccc2F)N=C(c2ccc(OCCCO)cc2)O[C@H]1c1ccccc1. The highest BCUT2D eigenvalue weighted by atomic mass is 19.1. The van der Waals surface area contributed by atoms with Crippen molar-refractivity contribution in [2.45, 2.75) is 37.5 Å². The zero-order valence-electron chi connectivity index (χ0n) is 25.2. The molecule has 0 radical (unpaired) electrons. The maximum atomic E-state index is 14.4. The van der Waals surface area contributed by atoms with Gasteiger partial charge in [-0.2, -0.15) is 0 Å². The molecule has 3 N–H and O–H groups in total. The lowest BCUT2D eigenvalue weighted by molar-refractivity contribution is -0.130. The Morgan fingerprint density at radius 3 is 2.39 bits per heavy atom. The Morgan fingerprint density at radius 1 is 0.978 bits per heavy atom. The van der Waals surface area contributed by atoms with Crippen LogP contribution in [0.15, 0.2) is 113 Å². The van der Waals surface area contributed by atoms with Gasteiger partial charge in [-0.05, 0) is 64.5 Å². The number of benzene rings is 4. The highest BCUT2D eigenvalue weighted by molar-refractivity contribution is 6.01. The van der Waals surface area contributed by atoms with E-state index in [9.17, 15) is 9.18 Å². The number of hydrogen-bond acceptors (Lipinski definition) is 7. The van der Waals surface area contributed by atoms with Crippen LogP contribution in [0.4, 0.5) is 4.39 Å². The molecule has 1 aliphatic heterocycles. The van der Waals surface area contributed by atoms with E-state index < -0.39 is 17.6 Å².